The number of amides is 1. The highest BCUT2D eigenvalue weighted by Gasteiger charge is 2.25. The van der Waals surface area contributed by atoms with Gasteiger partial charge in [-0.2, -0.15) is 5.26 Å². The second kappa shape index (κ2) is 9.36. The Hall–Kier alpha value is -3.45. The summed E-state index contributed by atoms with van der Waals surface area (Å²) >= 11 is 0. The van der Waals surface area contributed by atoms with E-state index in [0.717, 1.165) is 16.7 Å². The van der Waals surface area contributed by atoms with Crippen molar-refractivity contribution in [2.45, 2.75) is 24.7 Å². The molecule has 0 aliphatic carbocycles. The number of aliphatic hydroxyl groups excluding tert-OH is 1. The number of aliphatic hydroxyl groups is 1. The van der Waals surface area contributed by atoms with Gasteiger partial charge in [-0.15, -0.1) is 0 Å². The Morgan fingerprint density at radius 2 is 2.03 bits per heavy atom. The maximum Gasteiger partial charge on any atom is 0.419 e. The van der Waals surface area contributed by atoms with Crippen LogP contribution >= 0.6 is 0 Å². The van der Waals surface area contributed by atoms with E-state index in [1.165, 1.54) is 4.57 Å². The van der Waals surface area contributed by atoms with Crippen LogP contribution in [-0.2, 0) is 23.0 Å². The molecule has 3 aromatic rings. The van der Waals surface area contributed by atoms with Crippen molar-refractivity contribution in [3.63, 3.8) is 0 Å². The van der Waals surface area contributed by atoms with Gasteiger partial charge in [0.15, 0.2) is 5.58 Å². The number of carbonyl (C=O) groups is 1. The number of rotatable bonds is 5. The van der Waals surface area contributed by atoms with Crippen molar-refractivity contribution in [1.29, 1.82) is 5.26 Å². The largest absolute Gasteiger partial charge is 0.419 e. The molecule has 4 rings (SSSR count). The molecule has 2 heterocycles. The van der Waals surface area contributed by atoms with Crippen LogP contribution in [0.2, 0.25) is 0 Å². The third kappa shape index (κ3) is 4.73. The second-order valence-electron chi connectivity index (χ2n) is 7.83. The fourth-order valence-electron chi connectivity index (χ4n) is 3.66. The Kier molecular flexibility index (Phi) is 6.37. The molecular weight excluding hydrogens is 412 g/mol. The molecule has 1 aliphatic heterocycles. The summed E-state index contributed by atoms with van der Waals surface area (Å²) in [7, 11) is 1.66. The molecule has 166 valence electrons. The number of fused-ring (bicyclic) bond motifs is 1. The van der Waals surface area contributed by atoms with Gasteiger partial charge in [0.05, 0.1) is 24.3 Å². The molecule has 0 saturated carbocycles. The van der Waals surface area contributed by atoms with Crippen LogP contribution in [0.15, 0.2) is 51.7 Å². The van der Waals surface area contributed by atoms with Crippen LogP contribution in [0.1, 0.15) is 5.56 Å². The number of hydrogen-bond acceptors (Lipinski definition) is 7. The monoisotopic (exact) mass is 436 g/mol. The van der Waals surface area contributed by atoms with E-state index in [-0.39, 0.29) is 19.1 Å². The minimum Gasteiger partial charge on any atom is -0.408 e. The quantitative estimate of drug-likeness (QED) is 0.537. The third-order valence-corrected chi connectivity index (χ3v) is 5.48. The predicted molar refractivity (Wildman–Crippen MR) is 117 cm³/mol. The Morgan fingerprint density at radius 3 is 2.78 bits per heavy atom. The standard InChI is InChI=1S/C23H24N4O5/c1-27-19-9-16(6-7-20(19)32-23(27)30)15-4-2-14(3-5-15)8-17(10-24)26-22(29)21-12-25-11-18(28)13-31-21/h2-7,9,17-18,21,25,28H,8,11-13H2,1H3,(H,26,29)/t17-,18-,21?/m0/s1. The Labute approximate surface area is 184 Å². The summed E-state index contributed by atoms with van der Waals surface area (Å²) in [5.41, 5.74) is 4.04. The molecule has 0 bridgehead atoms. The molecular formula is C23H24N4O5. The zero-order chi connectivity index (χ0) is 22.7. The van der Waals surface area contributed by atoms with Crippen molar-refractivity contribution in [3.8, 4) is 17.2 Å². The van der Waals surface area contributed by atoms with E-state index in [2.05, 4.69) is 16.7 Å². The summed E-state index contributed by atoms with van der Waals surface area (Å²) in [4.78, 5) is 24.1. The van der Waals surface area contributed by atoms with Gasteiger partial charge in [0.1, 0.15) is 12.1 Å². The first-order valence-corrected chi connectivity index (χ1v) is 10.3. The molecule has 1 aliphatic rings. The van der Waals surface area contributed by atoms with Gasteiger partial charge < -0.3 is 24.9 Å². The molecule has 1 aromatic heterocycles. The second-order valence-corrected chi connectivity index (χ2v) is 7.83. The number of aromatic nitrogens is 1. The van der Waals surface area contributed by atoms with Crippen LogP contribution in [0, 0.1) is 11.3 Å². The highest BCUT2D eigenvalue weighted by atomic mass is 16.5. The van der Waals surface area contributed by atoms with E-state index in [1.807, 2.05) is 36.4 Å². The van der Waals surface area contributed by atoms with Gasteiger partial charge in [-0.1, -0.05) is 30.3 Å². The number of aryl methyl sites for hydroxylation is 1. The van der Waals surface area contributed by atoms with E-state index >= 15 is 0 Å². The van der Waals surface area contributed by atoms with E-state index in [1.54, 1.807) is 13.1 Å². The molecule has 2 aromatic carbocycles. The molecule has 0 radical (unpaired) electrons. The van der Waals surface area contributed by atoms with Gasteiger partial charge in [-0.3, -0.25) is 9.36 Å². The van der Waals surface area contributed by atoms with Gasteiger partial charge >= 0.3 is 5.76 Å². The van der Waals surface area contributed by atoms with Gasteiger partial charge in [0, 0.05) is 26.6 Å². The van der Waals surface area contributed by atoms with E-state index in [0.29, 0.717) is 24.1 Å². The maximum absolute atomic E-state index is 12.5. The van der Waals surface area contributed by atoms with Gasteiger partial charge in [-0.05, 0) is 28.8 Å². The summed E-state index contributed by atoms with van der Waals surface area (Å²) in [5, 5.41) is 24.8. The summed E-state index contributed by atoms with van der Waals surface area (Å²) in [6.45, 7) is 0.715. The fraction of sp³-hybridized carbons (Fsp3) is 0.348. The molecule has 3 atom stereocenters. The molecule has 9 heteroatoms. The van der Waals surface area contributed by atoms with Gasteiger partial charge in [-0.25, -0.2) is 4.79 Å². The van der Waals surface area contributed by atoms with Crippen molar-refractivity contribution in [2.24, 2.45) is 7.05 Å². The Bertz CT molecular complexity index is 1210. The van der Waals surface area contributed by atoms with Gasteiger partial charge in [0.25, 0.3) is 5.91 Å². The van der Waals surface area contributed by atoms with E-state index in [9.17, 15) is 20.0 Å². The number of benzene rings is 2. The molecule has 0 spiro atoms. The maximum atomic E-state index is 12.5. The number of β-amino-alcohol motifs (C(OH)–C–C–N with tert-alkyl or cyclic N) is 1. The highest BCUT2D eigenvalue weighted by Crippen LogP contribution is 2.24. The minimum atomic E-state index is -0.751. The van der Waals surface area contributed by atoms with Gasteiger partial charge in [0.2, 0.25) is 0 Å². The van der Waals surface area contributed by atoms with Crippen molar-refractivity contribution in [2.75, 3.05) is 19.7 Å². The zero-order valence-corrected chi connectivity index (χ0v) is 17.6. The minimum absolute atomic E-state index is 0.0720. The lowest BCUT2D eigenvalue weighted by Gasteiger charge is -2.18. The molecule has 1 unspecified atom stereocenters. The highest BCUT2D eigenvalue weighted by molar-refractivity contribution is 5.82. The number of nitrogens with one attached hydrogen (secondary N) is 2. The number of hydrogen-bond donors (Lipinski definition) is 3. The average Bonchev–Trinajstić information content (AvgIpc) is 2.94. The number of nitriles is 1. The van der Waals surface area contributed by atoms with E-state index in [4.69, 9.17) is 9.15 Å². The molecule has 3 N–H and O–H groups in total. The lowest BCUT2D eigenvalue weighted by Crippen LogP contribution is -2.46. The molecule has 1 fully saturated rings. The first kappa shape index (κ1) is 21.8. The Balaban J connectivity index is 1.42. The molecule has 32 heavy (non-hydrogen) atoms. The average molecular weight is 436 g/mol. The van der Waals surface area contributed by atoms with Crippen molar-refractivity contribution >= 4 is 17.0 Å². The molecule has 9 nitrogen and oxygen atoms in total. The first-order valence-electron chi connectivity index (χ1n) is 10.3. The zero-order valence-electron chi connectivity index (χ0n) is 17.6. The normalized spacial score (nSPS) is 19.8. The molecule has 1 saturated heterocycles. The fourth-order valence-corrected chi connectivity index (χ4v) is 3.66. The lowest BCUT2D eigenvalue weighted by molar-refractivity contribution is -0.133. The summed E-state index contributed by atoms with van der Waals surface area (Å²) < 4.78 is 12.0. The Morgan fingerprint density at radius 1 is 1.28 bits per heavy atom. The van der Waals surface area contributed by atoms with Crippen molar-refractivity contribution in [3.05, 3.63) is 58.6 Å². The first-order chi connectivity index (χ1) is 15.4. The number of nitrogens with zero attached hydrogens (tertiary/aromatic N) is 2. The topological polar surface area (TPSA) is 130 Å². The van der Waals surface area contributed by atoms with Crippen LogP contribution in [0.4, 0.5) is 0 Å². The number of carbonyl (C=O) groups excluding carboxylic acids is 1. The summed E-state index contributed by atoms with van der Waals surface area (Å²) in [5.74, 6) is -0.785. The summed E-state index contributed by atoms with van der Waals surface area (Å²) in [6.07, 6.45) is -1.06. The van der Waals surface area contributed by atoms with Crippen molar-refractivity contribution in [1.82, 2.24) is 15.2 Å². The summed E-state index contributed by atoms with van der Waals surface area (Å²) in [6, 6.07) is 14.6. The SMILES string of the molecule is Cn1c(=O)oc2ccc(-c3ccc(C[C@@H](C#N)NC(=O)C4CNC[C@H](O)CO4)cc3)cc21. The third-order valence-electron chi connectivity index (χ3n) is 5.48. The number of oxazole rings is 1. The van der Waals surface area contributed by atoms with Crippen LogP contribution in [-0.4, -0.2) is 53.5 Å². The predicted octanol–water partition coefficient (Wildman–Crippen LogP) is 0.699. The van der Waals surface area contributed by atoms with Crippen LogP contribution in [0.3, 0.4) is 0 Å². The van der Waals surface area contributed by atoms with Crippen LogP contribution < -0.4 is 16.4 Å². The lowest BCUT2D eigenvalue weighted by atomic mass is 10.0. The van der Waals surface area contributed by atoms with Crippen LogP contribution in [0.5, 0.6) is 0 Å². The number of ether oxygens (including phenoxy) is 1. The smallest absolute Gasteiger partial charge is 0.408 e. The van der Waals surface area contributed by atoms with Crippen LogP contribution in [0.25, 0.3) is 22.2 Å². The van der Waals surface area contributed by atoms with E-state index < -0.39 is 24.0 Å². The van der Waals surface area contributed by atoms with Crippen molar-refractivity contribution < 1.29 is 19.1 Å². The molecule has 1 amide bonds.